The van der Waals surface area contributed by atoms with Crippen LogP contribution in [0, 0.1) is 0 Å². The lowest BCUT2D eigenvalue weighted by atomic mass is 9.98. The lowest BCUT2D eigenvalue weighted by Crippen LogP contribution is -2.36. The lowest BCUT2D eigenvalue weighted by molar-refractivity contribution is -0.132. The molecule has 2 aliphatic heterocycles. The molecule has 24 heavy (non-hydrogen) atoms. The molecule has 3 heteroatoms. The summed E-state index contributed by atoms with van der Waals surface area (Å²) in [7, 11) is 0. The van der Waals surface area contributed by atoms with Gasteiger partial charge in [-0.3, -0.25) is 4.79 Å². The van der Waals surface area contributed by atoms with Crippen LogP contribution in [0.25, 0.3) is 11.1 Å². The molecule has 0 saturated carbocycles. The van der Waals surface area contributed by atoms with Crippen molar-refractivity contribution in [2.75, 3.05) is 13.2 Å². The van der Waals surface area contributed by atoms with Crippen molar-refractivity contribution in [3.05, 3.63) is 54.1 Å². The Bertz CT molecular complexity index is 740. The number of ether oxygens (including phenoxy) is 1. The van der Waals surface area contributed by atoms with Gasteiger partial charge in [-0.2, -0.15) is 0 Å². The van der Waals surface area contributed by atoms with Gasteiger partial charge in [0.15, 0.2) is 0 Å². The van der Waals surface area contributed by atoms with Gasteiger partial charge in [-0.25, -0.2) is 0 Å². The minimum absolute atomic E-state index is 0.282. The van der Waals surface area contributed by atoms with Crippen LogP contribution in [0.4, 0.5) is 0 Å². The van der Waals surface area contributed by atoms with Crippen LogP contribution in [-0.2, 0) is 11.2 Å². The fraction of sp³-hybridized carbons (Fsp3) is 0.381. The number of hydrogen-bond acceptors (Lipinski definition) is 2. The Morgan fingerprint density at radius 2 is 1.96 bits per heavy atom. The van der Waals surface area contributed by atoms with E-state index in [0.29, 0.717) is 19.1 Å². The highest BCUT2D eigenvalue weighted by Gasteiger charge is 2.28. The average molecular weight is 321 g/mol. The number of carbonyl (C=O) groups excluding carboxylic acids is 1. The van der Waals surface area contributed by atoms with E-state index in [0.717, 1.165) is 43.5 Å². The molecule has 0 spiro atoms. The number of carbonyl (C=O) groups is 1. The minimum Gasteiger partial charge on any atom is -0.493 e. The van der Waals surface area contributed by atoms with Crippen molar-refractivity contribution in [1.82, 2.24) is 4.90 Å². The highest BCUT2D eigenvalue weighted by atomic mass is 16.5. The van der Waals surface area contributed by atoms with Gasteiger partial charge in [-0.1, -0.05) is 42.5 Å². The first-order chi connectivity index (χ1) is 11.8. The van der Waals surface area contributed by atoms with Crippen molar-refractivity contribution in [3.63, 3.8) is 0 Å². The number of amides is 1. The zero-order valence-electron chi connectivity index (χ0n) is 13.9. The summed E-state index contributed by atoms with van der Waals surface area (Å²) in [6, 6.07) is 17.2. The normalized spacial score (nSPS) is 20.9. The zero-order chi connectivity index (χ0) is 16.4. The predicted octanol–water partition coefficient (Wildman–Crippen LogP) is 4.06. The average Bonchev–Trinajstić information content (AvgIpc) is 3.07. The molecule has 1 fully saturated rings. The number of benzene rings is 2. The SMILES string of the molecule is O=C1CCCOc2ccccc2-c2cccc(c2)C[C@H]2CCCN12. The van der Waals surface area contributed by atoms with E-state index in [2.05, 4.69) is 41.3 Å². The van der Waals surface area contributed by atoms with Gasteiger partial charge in [0.25, 0.3) is 0 Å². The summed E-state index contributed by atoms with van der Waals surface area (Å²) in [5, 5.41) is 0. The van der Waals surface area contributed by atoms with Crippen molar-refractivity contribution < 1.29 is 9.53 Å². The smallest absolute Gasteiger partial charge is 0.222 e. The van der Waals surface area contributed by atoms with Crippen molar-refractivity contribution in [2.24, 2.45) is 0 Å². The van der Waals surface area contributed by atoms with E-state index < -0.39 is 0 Å². The van der Waals surface area contributed by atoms with E-state index in [1.165, 1.54) is 11.1 Å². The largest absolute Gasteiger partial charge is 0.493 e. The second-order valence-electron chi connectivity index (χ2n) is 6.74. The van der Waals surface area contributed by atoms with Crippen LogP contribution in [0.1, 0.15) is 31.2 Å². The number of fused-ring (bicyclic) bond motifs is 5. The first-order valence-electron chi connectivity index (χ1n) is 8.92. The topological polar surface area (TPSA) is 29.5 Å². The Balaban J connectivity index is 1.72. The molecule has 1 atom stereocenters. The summed E-state index contributed by atoms with van der Waals surface area (Å²) >= 11 is 0. The summed E-state index contributed by atoms with van der Waals surface area (Å²) in [4.78, 5) is 14.6. The zero-order valence-corrected chi connectivity index (χ0v) is 13.9. The Morgan fingerprint density at radius 3 is 2.92 bits per heavy atom. The van der Waals surface area contributed by atoms with Crippen molar-refractivity contribution in [1.29, 1.82) is 0 Å². The number of rotatable bonds is 0. The summed E-state index contributed by atoms with van der Waals surface area (Å²) in [6.07, 6.45) is 4.53. The first-order valence-corrected chi connectivity index (χ1v) is 8.92. The van der Waals surface area contributed by atoms with Gasteiger partial charge in [-0.05, 0) is 42.9 Å². The Hall–Kier alpha value is -2.29. The maximum absolute atomic E-state index is 12.5. The van der Waals surface area contributed by atoms with Gasteiger partial charge in [0, 0.05) is 24.6 Å². The molecule has 0 N–H and O–H groups in total. The van der Waals surface area contributed by atoms with Crippen molar-refractivity contribution >= 4 is 5.91 Å². The maximum Gasteiger partial charge on any atom is 0.222 e. The van der Waals surface area contributed by atoms with Crippen molar-refractivity contribution in [2.45, 2.75) is 38.1 Å². The van der Waals surface area contributed by atoms with E-state index in [1.54, 1.807) is 0 Å². The molecule has 0 unspecified atom stereocenters. The fourth-order valence-corrected chi connectivity index (χ4v) is 3.89. The van der Waals surface area contributed by atoms with Gasteiger partial charge in [-0.15, -0.1) is 0 Å². The third-order valence-electron chi connectivity index (χ3n) is 5.09. The van der Waals surface area contributed by atoms with E-state index >= 15 is 0 Å². The molecule has 2 heterocycles. The molecule has 1 saturated heterocycles. The Kier molecular flexibility index (Phi) is 4.24. The summed E-state index contributed by atoms with van der Waals surface area (Å²) < 4.78 is 5.99. The molecule has 2 bridgehead atoms. The van der Waals surface area contributed by atoms with Crippen LogP contribution in [0.2, 0.25) is 0 Å². The molecule has 2 aromatic rings. The van der Waals surface area contributed by atoms with Gasteiger partial charge in [0.1, 0.15) is 5.75 Å². The van der Waals surface area contributed by atoms with Gasteiger partial charge >= 0.3 is 0 Å². The third-order valence-corrected chi connectivity index (χ3v) is 5.09. The van der Waals surface area contributed by atoms with Crippen LogP contribution >= 0.6 is 0 Å². The molecule has 0 aliphatic carbocycles. The Morgan fingerprint density at radius 1 is 1.04 bits per heavy atom. The third kappa shape index (κ3) is 3.03. The molecule has 3 nitrogen and oxygen atoms in total. The van der Waals surface area contributed by atoms with E-state index in [-0.39, 0.29) is 5.91 Å². The van der Waals surface area contributed by atoms with Gasteiger partial charge in [0.05, 0.1) is 6.61 Å². The molecule has 2 aromatic carbocycles. The second kappa shape index (κ2) is 6.68. The summed E-state index contributed by atoms with van der Waals surface area (Å²) in [5.41, 5.74) is 3.62. The molecular weight excluding hydrogens is 298 g/mol. The van der Waals surface area contributed by atoms with Crippen LogP contribution in [0.5, 0.6) is 5.75 Å². The number of hydrogen-bond donors (Lipinski definition) is 0. The van der Waals surface area contributed by atoms with Crippen molar-refractivity contribution in [3.8, 4) is 16.9 Å². The van der Waals surface area contributed by atoms with Crippen LogP contribution in [-0.4, -0.2) is 30.0 Å². The van der Waals surface area contributed by atoms with Crippen LogP contribution < -0.4 is 4.74 Å². The molecule has 0 radical (unpaired) electrons. The quantitative estimate of drug-likeness (QED) is 0.732. The van der Waals surface area contributed by atoms with E-state index in [4.69, 9.17) is 4.74 Å². The Labute approximate surface area is 143 Å². The van der Waals surface area contributed by atoms with E-state index in [9.17, 15) is 4.79 Å². The summed E-state index contributed by atoms with van der Waals surface area (Å²) in [6.45, 7) is 1.49. The minimum atomic E-state index is 0.282. The number of para-hydroxylation sites is 1. The fourth-order valence-electron chi connectivity index (χ4n) is 3.89. The van der Waals surface area contributed by atoms with E-state index in [1.807, 2.05) is 12.1 Å². The second-order valence-corrected chi connectivity index (χ2v) is 6.74. The molecule has 124 valence electrons. The van der Waals surface area contributed by atoms with Crippen LogP contribution in [0.15, 0.2) is 48.5 Å². The molecule has 2 aliphatic rings. The standard InChI is InChI=1S/C21H23NO2/c23-21-11-5-13-24-20-10-2-1-9-19(20)17-7-3-6-16(14-17)15-18-8-4-12-22(18)21/h1-3,6-7,9-10,14,18H,4-5,8,11-13,15H2/t18-/m1/s1. The number of nitrogens with zero attached hydrogens (tertiary/aromatic N) is 1. The summed E-state index contributed by atoms with van der Waals surface area (Å²) in [5.74, 6) is 1.19. The molecule has 0 aromatic heterocycles. The molecule has 4 rings (SSSR count). The first kappa shape index (κ1) is 15.3. The lowest BCUT2D eigenvalue weighted by Gasteiger charge is -2.25. The molecular formula is C21H23NO2. The van der Waals surface area contributed by atoms with Crippen LogP contribution in [0.3, 0.4) is 0 Å². The molecule has 1 amide bonds. The predicted molar refractivity (Wildman–Crippen MR) is 95.0 cm³/mol. The van der Waals surface area contributed by atoms with Gasteiger partial charge < -0.3 is 9.64 Å². The van der Waals surface area contributed by atoms with Gasteiger partial charge in [0.2, 0.25) is 5.91 Å². The maximum atomic E-state index is 12.5. The monoisotopic (exact) mass is 321 g/mol. The highest BCUT2D eigenvalue weighted by Crippen LogP contribution is 2.32. The highest BCUT2D eigenvalue weighted by molar-refractivity contribution is 5.77.